The van der Waals surface area contributed by atoms with E-state index >= 15 is 0 Å². The molecule has 0 bridgehead atoms. The number of carbonyl (C=O) groups is 1. The van der Waals surface area contributed by atoms with Crippen LogP contribution in [0.5, 0.6) is 0 Å². The largest absolute Gasteiger partial charge is 0.375 e. The summed E-state index contributed by atoms with van der Waals surface area (Å²) in [6, 6.07) is 10.1. The maximum Gasteiger partial charge on any atom is 0.186 e. The van der Waals surface area contributed by atoms with Gasteiger partial charge < -0.3 is 9.47 Å². The molecule has 1 aromatic carbocycles. The van der Waals surface area contributed by atoms with Crippen LogP contribution >= 0.6 is 11.8 Å². The van der Waals surface area contributed by atoms with E-state index in [1.54, 1.807) is 6.92 Å². The van der Waals surface area contributed by atoms with Crippen LogP contribution in [0, 0.1) is 0 Å². The zero-order chi connectivity index (χ0) is 12.8. The molecule has 0 spiro atoms. The van der Waals surface area contributed by atoms with Gasteiger partial charge in [-0.05, 0) is 12.0 Å². The fourth-order valence-corrected chi connectivity index (χ4v) is 2.92. The second-order valence-electron chi connectivity index (χ2n) is 4.42. The third-order valence-corrected chi connectivity index (χ3v) is 3.79. The van der Waals surface area contributed by atoms with Gasteiger partial charge in [-0.15, -0.1) is 0 Å². The number of hydrogen-bond acceptors (Lipinski definition) is 4. The SMILES string of the molecule is CC(=O)S[C@H]1CO[C@H](COCc2ccccc2)C1. The number of thioether (sulfide) groups is 1. The van der Waals surface area contributed by atoms with Gasteiger partial charge in [-0.2, -0.15) is 0 Å². The van der Waals surface area contributed by atoms with Crippen molar-refractivity contribution in [3.8, 4) is 0 Å². The van der Waals surface area contributed by atoms with Crippen molar-refractivity contribution in [2.24, 2.45) is 0 Å². The van der Waals surface area contributed by atoms with Crippen LogP contribution in [-0.2, 0) is 20.9 Å². The summed E-state index contributed by atoms with van der Waals surface area (Å²) in [4.78, 5) is 11.0. The number of hydrogen-bond donors (Lipinski definition) is 0. The van der Waals surface area contributed by atoms with Gasteiger partial charge in [-0.1, -0.05) is 42.1 Å². The highest BCUT2D eigenvalue weighted by molar-refractivity contribution is 8.14. The van der Waals surface area contributed by atoms with Crippen molar-refractivity contribution in [2.45, 2.75) is 31.3 Å². The van der Waals surface area contributed by atoms with Crippen molar-refractivity contribution in [2.75, 3.05) is 13.2 Å². The standard InChI is InChI=1S/C14H18O3S/c1-11(15)18-14-7-13(17-10-14)9-16-8-12-5-3-2-4-6-12/h2-6,13-14H,7-10H2,1H3/t13-,14+/m0/s1. The molecule has 0 amide bonds. The van der Waals surface area contributed by atoms with Crippen LogP contribution in [0.4, 0.5) is 0 Å². The Morgan fingerprint density at radius 3 is 2.94 bits per heavy atom. The molecule has 0 aliphatic carbocycles. The molecule has 4 heteroatoms. The van der Waals surface area contributed by atoms with Gasteiger partial charge in [0.15, 0.2) is 5.12 Å². The first-order valence-electron chi connectivity index (χ1n) is 6.14. The Morgan fingerprint density at radius 1 is 1.44 bits per heavy atom. The van der Waals surface area contributed by atoms with Crippen LogP contribution in [-0.4, -0.2) is 29.7 Å². The second kappa shape index (κ2) is 6.92. The molecule has 1 aliphatic heterocycles. The van der Waals surface area contributed by atoms with Crippen LogP contribution in [0.25, 0.3) is 0 Å². The third-order valence-electron chi connectivity index (χ3n) is 2.79. The van der Waals surface area contributed by atoms with Crippen molar-refractivity contribution in [3.63, 3.8) is 0 Å². The Labute approximate surface area is 112 Å². The molecule has 2 atom stereocenters. The fraction of sp³-hybridized carbons (Fsp3) is 0.500. The van der Waals surface area contributed by atoms with Gasteiger partial charge in [0.2, 0.25) is 0 Å². The highest BCUT2D eigenvalue weighted by atomic mass is 32.2. The smallest absolute Gasteiger partial charge is 0.186 e. The predicted molar refractivity (Wildman–Crippen MR) is 72.5 cm³/mol. The van der Waals surface area contributed by atoms with Crippen LogP contribution < -0.4 is 0 Å². The first kappa shape index (κ1) is 13.6. The Kier molecular flexibility index (Phi) is 5.23. The van der Waals surface area contributed by atoms with E-state index in [9.17, 15) is 4.79 Å². The van der Waals surface area contributed by atoms with Gasteiger partial charge in [0.25, 0.3) is 0 Å². The molecular weight excluding hydrogens is 248 g/mol. The Bertz CT molecular complexity index is 380. The molecule has 0 N–H and O–H groups in total. The van der Waals surface area contributed by atoms with Crippen molar-refractivity contribution in [1.29, 1.82) is 0 Å². The van der Waals surface area contributed by atoms with E-state index in [1.165, 1.54) is 17.3 Å². The van der Waals surface area contributed by atoms with Gasteiger partial charge >= 0.3 is 0 Å². The lowest BCUT2D eigenvalue weighted by atomic mass is 10.2. The van der Waals surface area contributed by atoms with Crippen molar-refractivity contribution < 1.29 is 14.3 Å². The minimum absolute atomic E-state index is 0.130. The van der Waals surface area contributed by atoms with E-state index in [4.69, 9.17) is 9.47 Å². The molecule has 0 unspecified atom stereocenters. The summed E-state index contributed by atoms with van der Waals surface area (Å²) < 4.78 is 11.2. The summed E-state index contributed by atoms with van der Waals surface area (Å²) in [6.07, 6.45) is 1.03. The molecule has 18 heavy (non-hydrogen) atoms. The van der Waals surface area contributed by atoms with E-state index in [0.717, 1.165) is 6.42 Å². The minimum atomic E-state index is 0.130. The molecule has 3 nitrogen and oxygen atoms in total. The van der Waals surface area contributed by atoms with Crippen LogP contribution in [0.1, 0.15) is 18.9 Å². The quantitative estimate of drug-likeness (QED) is 0.821. The zero-order valence-corrected chi connectivity index (χ0v) is 11.3. The normalized spacial score (nSPS) is 23.2. The van der Waals surface area contributed by atoms with Crippen molar-refractivity contribution in [1.82, 2.24) is 0 Å². The minimum Gasteiger partial charge on any atom is -0.375 e. The highest BCUT2D eigenvalue weighted by Gasteiger charge is 2.26. The summed E-state index contributed by atoms with van der Waals surface area (Å²) in [5.74, 6) is 0. The number of rotatable bonds is 5. The molecule has 1 fully saturated rings. The number of carbonyl (C=O) groups excluding carboxylic acids is 1. The summed E-state index contributed by atoms with van der Waals surface area (Å²) in [7, 11) is 0. The lowest BCUT2D eigenvalue weighted by Crippen LogP contribution is -2.14. The summed E-state index contributed by atoms with van der Waals surface area (Å²) in [5.41, 5.74) is 1.17. The molecule has 1 aliphatic rings. The Balaban J connectivity index is 1.65. The molecule has 98 valence electrons. The summed E-state index contributed by atoms with van der Waals surface area (Å²) >= 11 is 1.38. The van der Waals surface area contributed by atoms with E-state index in [1.807, 2.05) is 30.3 Å². The van der Waals surface area contributed by atoms with Gasteiger partial charge in [0.1, 0.15) is 0 Å². The van der Waals surface area contributed by atoms with E-state index < -0.39 is 0 Å². The summed E-state index contributed by atoms with van der Waals surface area (Å²) in [5, 5.41) is 0.460. The van der Waals surface area contributed by atoms with Crippen LogP contribution in [0.2, 0.25) is 0 Å². The third kappa shape index (κ3) is 4.44. The maximum atomic E-state index is 11.0. The fourth-order valence-electron chi connectivity index (χ4n) is 1.99. The first-order valence-corrected chi connectivity index (χ1v) is 7.02. The summed E-state index contributed by atoms with van der Waals surface area (Å²) in [6.45, 7) is 3.47. The van der Waals surface area contributed by atoms with Crippen molar-refractivity contribution in [3.05, 3.63) is 35.9 Å². The molecular formula is C14H18O3S. The molecule has 1 aromatic rings. The lowest BCUT2D eigenvalue weighted by molar-refractivity contribution is -0.109. The number of ether oxygens (including phenoxy) is 2. The van der Waals surface area contributed by atoms with Gasteiger partial charge in [-0.3, -0.25) is 4.79 Å². The van der Waals surface area contributed by atoms with E-state index in [0.29, 0.717) is 25.1 Å². The average Bonchev–Trinajstić information content (AvgIpc) is 2.77. The van der Waals surface area contributed by atoms with E-state index in [2.05, 4.69) is 0 Å². The molecule has 2 rings (SSSR count). The van der Waals surface area contributed by atoms with Crippen LogP contribution in [0.15, 0.2) is 30.3 Å². The van der Waals surface area contributed by atoms with E-state index in [-0.39, 0.29) is 11.2 Å². The lowest BCUT2D eigenvalue weighted by Gasteiger charge is -2.10. The Morgan fingerprint density at radius 2 is 2.22 bits per heavy atom. The van der Waals surface area contributed by atoms with Gasteiger partial charge in [0.05, 0.1) is 25.9 Å². The second-order valence-corrected chi connectivity index (χ2v) is 5.90. The highest BCUT2D eigenvalue weighted by Crippen LogP contribution is 2.25. The monoisotopic (exact) mass is 266 g/mol. The first-order chi connectivity index (χ1) is 8.74. The zero-order valence-electron chi connectivity index (χ0n) is 10.5. The molecule has 0 saturated carbocycles. The predicted octanol–water partition coefficient (Wildman–Crippen LogP) is 2.64. The van der Waals surface area contributed by atoms with Crippen molar-refractivity contribution >= 4 is 16.9 Å². The molecule has 0 aromatic heterocycles. The topological polar surface area (TPSA) is 35.5 Å². The van der Waals surface area contributed by atoms with Crippen LogP contribution in [0.3, 0.4) is 0 Å². The molecule has 1 saturated heterocycles. The van der Waals surface area contributed by atoms with Gasteiger partial charge in [0, 0.05) is 12.2 Å². The molecule has 0 radical (unpaired) electrons. The molecule has 1 heterocycles. The van der Waals surface area contributed by atoms with Gasteiger partial charge in [-0.25, -0.2) is 0 Å². The average molecular weight is 266 g/mol. The number of benzene rings is 1. The maximum absolute atomic E-state index is 11.0. The Hall–Kier alpha value is -0.840.